The Morgan fingerprint density at radius 1 is 0.189 bits per heavy atom. The van der Waals surface area contributed by atoms with Crippen LogP contribution in [0.25, 0.3) is 44.5 Å². The summed E-state index contributed by atoms with van der Waals surface area (Å²) in [6.45, 7) is 0. The molecule has 0 aliphatic heterocycles. The molecule has 8 aromatic carbocycles. The third-order valence-electron chi connectivity index (χ3n) is 9.98. The first kappa shape index (κ1) is 35.0. The van der Waals surface area contributed by atoms with Gasteiger partial charge in [-0.1, -0.05) is 192 Å². The van der Waals surface area contributed by atoms with E-state index >= 15 is 0 Å². The lowest BCUT2D eigenvalue weighted by atomic mass is 9.64. The minimum Gasteiger partial charge on any atom is -0.0843 e. The maximum Gasteiger partial charge on any atom is 0.0701 e. The molecule has 53 heavy (non-hydrogen) atoms. The zero-order chi connectivity index (χ0) is 36.4. The average Bonchev–Trinajstić information content (AvgIpc) is 3.20. The molecule has 0 amide bonds. The Hall–Kier alpha value is -5.08. The maximum absolute atomic E-state index is 6.24. The molecule has 0 saturated heterocycles. The van der Waals surface area contributed by atoms with Crippen LogP contribution in [0.1, 0.15) is 22.3 Å². The maximum atomic E-state index is 6.24. The number of hydrogen-bond acceptors (Lipinski definition) is 0. The van der Waals surface area contributed by atoms with Crippen molar-refractivity contribution in [3.8, 4) is 44.5 Å². The van der Waals surface area contributed by atoms with Crippen LogP contribution >= 0.6 is 46.4 Å². The van der Waals surface area contributed by atoms with E-state index in [-0.39, 0.29) is 0 Å². The van der Waals surface area contributed by atoms with Crippen LogP contribution in [0.5, 0.6) is 0 Å². The third kappa shape index (κ3) is 7.17. The Morgan fingerprint density at radius 3 is 0.472 bits per heavy atom. The van der Waals surface area contributed by atoms with Gasteiger partial charge in [0.15, 0.2) is 0 Å². The molecule has 0 radical (unpaired) electrons. The summed E-state index contributed by atoms with van der Waals surface area (Å²) in [5, 5.41) is 2.87. The molecular formula is C49H32Cl4. The normalized spacial score (nSPS) is 11.4. The van der Waals surface area contributed by atoms with Gasteiger partial charge in [-0.3, -0.25) is 0 Å². The van der Waals surface area contributed by atoms with Gasteiger partial charge in [-0.25, -0.2) is 0 Å². The molecule has 4 heteroatoms. The van der Waals surface area contributed by atoms with E-state index in [0.717, 1.165) is 86.9 Å². The summed E-state index contributed by atoms with van der Waals surface area (Å²) in [6.07, 6.45) is 0. The van der Waals surface area contributed by atoms with Crippen LogP contribution in [0.3, 0.4) is 0 Å². The van der Waals surface area contributed by atoms with Crippen molar-refractivity contribution in [2.24, 2.45) is 0 Å². The summed E-state index contributed by atoms with van der Waals surface area (Å²) in [5.74, 6) is 0. The molecule has 0 aromatic heterocycles. The predicted octanol–water partition coefficient (Wildman–Crippen LogP) is 15.4. The minimum absolute atomic E-state index is 0.673. The molecule has 0 heterocycles. The van der Waals surface area contributed by atoms with Gasteiger partial charge in [0.2, 0.25) is 0 Å². The van der Waals surface area contributed by atoms with Gasteiger partial charge in [0.1, 0.15) is 0 Å². The summed E-state index contributed by atoms with van der Waals surface area (Å²) in [4.78, 5) is 0. The zero-order valence-electron chi connectivity index (χ0n) is 28.5. The fourth-order valence-electron chi connectivity index (χ4n) is 7.22. The van der Waals surface area contributed by atoms with E-state index in [4.69, 9.17) is 46.4 Å². The first-order valence-corrected chi connectivity index (χ1v) is 18.8. The summed E-state index contributed by atoms with van der Waals surface area (Å²) >= 11 is 25.0. The van der Waals surface area contributed by atoms with Crippen LogP contribution in [0.4, 0.5) is 0 Å². The van der Waals surface area contributed by atoms with Crippen molar-refractivity contribution in [2.45, 2.75) is 5.41 Å². The Morgan fingerprint density at radius 2 is 0.321 bits per heavy atom. The summed E-state index contributed by atoms with van der Waals surface area (Å²) in [7, 11) is 0. The molecule has 0 spiro atoms. The van der Waals surface area contributed by atoms with Gasteiger partial charge in [-0.15, -0.1) is 0 Å². The molecule has 8 rings (SSSR count). The van der Waals surface area contributed by atoms with Crippen LogP contribution in [0, 0.1) is 0 Å². The summed E-state index contributed by atoms with van der Waals surface area (Å²) in [5.41, 5.74) is 12.8. The molecule has 0 aliphatic rings. The molecule has 0 aliphatic carbocycles. The van der Waals surface area contributed by atoms with Crippen molar-refractivity contribution in [1.82, 2.24) is 0 Å². The molecule has 0 N–H and O–H groups in total. The summed E-state index contributed by atoms with van der Waals surface area (Å²) in [6, 6.07) is 67.7. The van der Waals surface area contributed by atoms with E-state index in [2.05, 4.69) is 146 Å². The number of benzene rings is 8. The van der Waals surface area contributed by atoms with Crippen molar-refractivity contribution in [3.63, 3.8) is 0 Å². The van der Waals surface area contributed by atoms with E-state index in [1.54, 1.807) is 0 Å². The molecule has 256 valence electrons. The SMILES string of the molecule is Clc1ccc(-c2ccc(C(c3ccc(-c4ccc(Cl)cc4)cc3)(c3ccc(-c4ccc(Cl)cc4)cc3)c3ccc(-c4ccc(Cl)cc4)cc3)cc2)cc1. The van der Waals surface area contributed by atoms with Gasteiger partial charge in [0.05, 0.1) is 5.41 Å². The molecule has 0 unspecified atom stereocenters. The van der Waals surface area contributed by atoms with E-state index in [1.807, 2.05) is 48.5 Å². The quantitative estimate of drug-likeness (QED) is 0.135. The lowest BCUT2D eigenvalue weighted by Crippen LogP contribution is -2.31. The van der Waals surface area contributed by atoms with Gasteiger partial charge in [-0.05, 0) is 115 Å². The molecule has 0 nitrogen and oxygen atoms in total. The van der Waals surface area contributed by atoms with Crippen molar-refractivity contribution in [2.75, 3.05) is 0 Å². The Bertz CT molecular complexity index is 2090. The number of hydrogen-bond donors (Lipinski definition) is 0. The second kappa shape index (κ2) is 15.1. The van der Waals surface area contributed by atoms with E-state index in [0.29, 0.717) is 0 Å². The van der Waals surface area contributed by atoms with Crippen molar-refractivity contribution in [3.05, 3.63) is 236 Å². The number of rotatable bonds is 8. The Labute approximate surface area is 330 Å². The fraction of sp³-hybridized carbons (Fsp3) is 0.0204. The van der Waals surface area contributed by atoms with E-state index in [9.17, 15) is 0 Å². The molecule has 0 saturated carbocycles. The van der Waals surface area contributed by atoms with Crippen molar-refractivity contribution in [1.29, 1.82) is 0 Å². The van der Waals surface area contributed by atoms with E-state index in [1.165, 1.54) is 0 Å². The van der Waals surface area contributed by atoms with Gasteiger partial charge in [0.25, 0.3) is 0 Å². The second-order valence-corrected chi connectivity index (χ2v) is 14.8. The largest absolute Gasteiger partial charge is 0.0843 e. The molecular weight excluding hydrogens is 730 g/mol. The predicted molar refractivity (Wildman–Crippen MR) is 227 cm³/mol. The highest BCUT2D eigenvalue weighted by Crippen LogP contribution is 2.47. The van der Waals surface area contributed by atoms with Crippen molar-refractivity contribution < 1.29 is 0 Å². The molecule has 0 atom stereocenters. The highest BCUT2D eigenvalue weighted by molar-refractivity contribution is 6.31. The molecule has 8 aromatic rings. The van der Waals surface area contributed by atoms with Crippen LogP contribution in [-0.2, 0) is 5.41 Å². The lowest BCUT2D eigenvalue weighted by molar-refractivity contribution is 0.745. The van der Waals surface area contributed by atoms with Crippen LogP contribution < -0.4 is 0 Å². The summed E-state index contributed by atoms with van der Waals surface area (Å²) < 4.78 is 0. The van der Waals surface area contributed by atoms with Crippen LogP contribution in [-0.4, -0.2) is 0 Å². The molecule has 0 fully saturated rings. The minimum atomic E-state index is -0.673. The fourth-order valence-corrected chi connectivity index (χ4v) is 7.72. The van der Waals surface area contributed by atoms with Crippen LogP contribution in [0.2, 0.25) is 20.1 Å². The molecule has 0 bridgehead atoms. The Balaban J connectivity index is 1.33. The average molecular weight is 763 g/mol. The monoisotopic (exact) mass is 760 g/mol. The standard InChI is InChI=1S/C49H32Cl4/c50-45-25-9-37(10-26-45)33-1-17-41(18-2-33)49(42-19-3-34(4-20-42)38-11-27-46(51)28-12-38,43-21-5-35(6-22-43)39-13-29-47(52)30-14-39)44-23-7-36(8-24-44)40-15-31-48(53)32-16-40/h1-32H. The van der Waals surface area contributed by atoms with Crippen LogP contribution in [0.15, 0.2) is 194 Å². The highest BCUT2D eigenvalue weighted by Gasteiger charge is 2.38. The topological polar surface area (TPSA) is 0 Å². The lowest BCUT2D eigenvalue weighted by Gasteiger charge is -2.37. The highest BCUT2D eigenvalue weighted by atomic mass is 35.5. The number of halogens is 4. The second-order valence-electron chi connectivity index (χ2n) is 13.1. The smallest absolute Gasteiger partial charge is 0.0701 e. The first-order chi connectivity index (χ1) is 25.9. The third-order valence-corrected chi connectivity index (χ3v) is 11.0. The van der Waals surface area contributed by atoms with Gasteiger partial charge >= 0.3 is 0 Å². The van der Waals surface area contributed by atoms with E-state index < -0.39 is 5.41 Å². The van der Waals surface area contributed by atoms with Crippen molar-refractivity contribution >= 4 is 46.4 Å². The van der Waals surface area contributed by atoms with Gasteiger partial charge in [-0.2, -0.15) is 0 Å². The first-order valence-electron chi connectivity index (χ1n) is 17.3. The van der Waals surface area contributed by atoms with Gasteiger partial charge in [0, 0.05) is 20.1 Å². The Kier molecular flexibility index (Phi) is 9.97. The van der Waals surface area contributed by atoms with Gasteiger partial charge < -0.3 is 0 Å². The zero-order valence-corrected chi connectivity index (χ0v) is 31.5.